The Morgan fingerprint density at radius 3 is 2.68 bits per heavy atom. The number of nitrogens with one attached hydrogen (secondary N) is 2. The minimum atomic E-state index is -0.258. The highest BCUT2D eigenvalue weighted by atomic mass is 35.5. The van der Waals surface area contributed by atoms with Gasteiger partial charge in [0.15, 0.2) is 10.3 Å². The third-order valence-electron chi connectivity index (χ3n) is 2.37. The molecule has 6 heteroatoms. The first-order valence-corrected chi connectivity index (χ1v) is 6.33. The van der Waals surface area contributed by atoms with Crippen LogP contribution in [-0.4, -0.2) is 10.1 Å². The van der Waals surface area contributed by atoms with Crippen LogP contribution < -0.4 is 10.6 Å². The van der Waals surface area contributed by atoms with Gasteiger partial charge in [0.1, 0.15) is 5.82 Å². The predicted molar refractivity (Wildman–Crippen MR) is 78.7 cm³/mol. The number of hydrogen-bond donors (Lipinski definition) is 2. The molecule has 0 bridgehead atoms. The van der Waals surface area contributed by atoms with E-state index in [2.05, 4.69) is 15.6 Å². The summed E-state index contributed by atoms with van der Waals surface area (Å²) >= 11 is 11.0. The van der Waals surface area contributed by atoms with Gasteiger partial charge in [0, 0.05) is 12.7 Å². The van der Waals surface area contributed by atoms with Gasteiger partial charge in [-0.15, -0.1) is 0 Å². The van der Waals surface area contributed by atoms with E-state index in [-0.39, 0.29) is 5.82 Å². The average molecular weight is 296 g/mol. The van der Waals surface area contributed by atoms with Crippen molar-refractivity contribution in [1.82, 2.24) is 10.3 Å². The second kappa shape index (κ2) is 6.45. The first-order valence-electron chi connectivity index (χ1n) is 5.55. The van der Waals surface area contributed by atoms with Gasteiger partial charge in [-0.3, -0.25) is 0 Å². The second-order valence-corrected chi connectivity index (χ2v) is 4.54. The summed E-state index contributed by atoms with van der Waals surface area (Å²) in [7, 11) is 0. The lowest BCUT2D eigenvalue weighted by atomic mass is 10.2. The van der Waals surface area contributed by atoms with Gasteiger partial charge in [0.05, 0.1) is 5.69 Å². The zero-order valence-corrected chi connectivity index (χ0v) is 11.4. The van der Waals surface area contributed by atoms with Crippen LogP contribution in [0, 0.1) is 5.82 Å². The van der Waals surface area contributed by atoms with Crippen molar-refractivity contribution in [3.63, 3.8) is 0 Å². The maximum Gasteiger partial charge on any atom is 0.171 e. The number of pyridine rings is 1. The lowest BCUT2D eigenvalue weighted by Crippen LogP contribution is -2.28. The van der Waals surface area contributed by atoms with Gasteiger partial charge in [0.2, 0.25) is 0 Å². The molecule has 19 heavy (non-hydrogen) atoms. The van der Waals surface area contributed by atoms with Gasteiger partial charge < -0.3 is 10.6 Å². The summed E-state index contributed by atoms with van der Waals surface area (Å²) in [4.78, 5) is 3.93. The van der Waals surface area contributed by atoms with Gasteiger partial charge in [0.25, 0.3) is 0 Å². The Morgan fingerprint density at radius 1 is 1.26 bits per heavy atom. The van der Waals surface area contributed by atoms with Crippen LogP contribution in [0.2, 0.25) is 5.15 Å². The maximum atomic E-state index is 12.7. The molecule has 0 saturated carbocycles. The number of rotatable bonds is 3. The molecule has 0 amide bonds. The van der Waals surface area contributed by atoms with Gasteiger partial charge in [-0.1, -0.05) is 23.7 Å². The molecule has 0 spiro atoms. The molecule has 0 aliphatic heterocycles. The molecule has 0 unspecified atom stereocenters. The van der Waals surface area contributed by atoms with Gasteiger partial charge in [-0.25, -0.2) is 9.37 Å². The Labute approximate surface area is 120 Å². The van der Waals surface area contributed by atoms with E-state index in [0.29, 0.717) is 22.5 Å². The van der Waals surface area contributed by atoms with E-state index < -0.39 is 0 Å². The topological polar surface area (TPSA) is 37.0 Å². The van der Waals surface area contributed by atoms with Crippen molar-refractivity contribution in [3.05, 3.63) is 59.1 Å². The van der Waals surface area contributed by atoms with E-state index in [9.17, 15) is 4.39 Å². The van der Waals surface area contributed by atoms with Crippen LogP contribution in [0.4, 0.5) is 10.1 Å². The molecular weight excluding hydrogens is 285 g/mol. The number of halogens is 2. The molecule has 1 aromatic carbocycles. The number of thiocarbonyl (C=S) groups is 1. The van der Waals surface area contributed by atoms with Gasteiger partial charge in [-0.2, -0.15) is 0 Å². The minimum absolute atomic E-state index is 0.258. The number of nitrogens with zero attached hydrogens (tertiary/aromatic N) is 1. The SMILES string of the molecule is Fc1ccc(CNC(=S)Nc2cccnc2Cl)cc1. The summed E-state index contributed by atoms with van der Waals surface area (Å²) < 4.78 is 12.7. The molecule has 2 N–H and O–H groups in total. The summed E-state index contributed by atoms with van der Waals surface area (Å²) in [6, 6.07) is 9.75. The lowest BCUT2D eigenvalue weighted by molar-refractivity contribution is 0.627. The van der Waals surface area contributed by atoms with Crippen LogP contribution in [0.25, 0.3) is 0 Å². The second-order valence-electron chi connectivity index (χ2n) is 3.78. The Kier molecular flexibility index (Phi) is 4.65. The van der Waals surface area contributed by atoms with E-state index >= 15 is 0 Å². The smallest absolute Gasteiger partial charge is 0.171 e. The molecule has 2 rings (SSSR count). The molecule has 3 nitrogen and oxygen atoms in total. The van der Waals surface area contributed by atoms with Crippen molar-refractivity contribution in [3.8, 4) is 0 Å². The molecule has 98 valence electrons. The summed E-state index contributed by atoms with van der Waals surface area (Å²) in [6.45, 7) is 0.504. The number of anilines is 1. The van der Waals surface area contributed by atoms with E-state index in [0.717, 1.165) is 5.56 Å². The standard InChI is InChI=1S/C13H11ClFN3S/c14-12-11(2-1-7-16-12)18-13(19)17-8-9-3-5-10(15)6-4-9/h1-7H,8H2,(H2,17,18,19). The number of hydrogen-bond acceptors (Lipinski definition) is 2. The Hall–Kier alpha value is -1.72. The normalized spacial score (nSPS) is 10.0. The van der Waals surface area contributed by atoms with Crippen molar-refractivity contribution in [1.29, 1.82) is 0 Å². The molecule has 0 saturated heterocycles. The van der Waals surface area contributed by atoms with Crippen LogP contribution in [0.15, 0.2) is 42.6 Å². The van der Waals surface area contributed by atoms with Crippen LogP contribution in [0.3, 0.4) is 0 Å². The van der Waals surface area contributed by atoms with Crippen molar-refractivity contribution in [2.45, 2.75) is 6.54 Å². The molecule has 1 aromatic heterocycles. The molecule has 0 atom stereocenters. The molecular formula is C13H11ClFN3S. The molecule has 0 aliphatic rings. The first-order chi connectivity index (χ1) is 9.15. The highest BCUT2D eigenvalue weighted by Gasteiger charge is 2.02. The fourth-order valence-corrected chi connectivity index (χ4v) is 1.78. The quantitative estimate of drug-likeness (QED) is 0.672. The highest BCUT2D eigenvalue weighted by Crippen LogP contribution is 2.17. The third kappa shape index (κ3) is 4.15. The average Bonchev–Trinajstić information content (AvgIpc) is 2.41. The molecule has 0 fully saturated rings. The van der Waals surface area contributed by atoms with E-state index in [1.807, 2.05) is 0 Å². The third-order valence-corrected chi connectivity index (χ3v) is 2.92. The van der Waals surface area contributed by atoms with Crippen molar-refractivity contribution in [2.24, 2.45) is 0 Å². The van der Waals surface area contributed by atoms with E-state index in [1.54, 1.807) is 30.5 Å². The van der Waals surface area contributed by atoms with Crippen LogP contribution in [0.5, 0.6) is 0 Å². The molecule has 1 heterocycles. The van der Waals surface area contributed by atoms with Gasteiger partial charge >= 0.3 is 0 Å². The minimum Gasteiger partial charge on any atom is -0.358 e. The first kappa shape index (κ1) is 13.7. The summed E-state index contributed by atoms with van der Waals surface area (Å²) in [6.07, 6.45) is 1.60. The van der Waals surface area contributed by atoms with Crippen LogP contribution in [0.1, 0.15) is 5.56 Å². The van der Waals surface area contributed by atoms with Gasteiger partial charge in [-0.05, 0) is 42.0 Å². The van der Waals surface area contributed by atoms with Crippen molar-refractivity contribution in [2.75, 3.05) is 5.32 Å². The molecule has 0 aliphatic carbocycles. The summed E-state index contributed by atoms with van der Waals surface area (Å²) in [5.74, 6) is -0.258. The zero-order valence-electron chi connectivity index (χ0n) is 9.86. The van der Waals surface area contributed by atoms with E-state index in [4.69, 9.17) is 23.8 Å². The highest BCUT2D eigenvalue weighted by molar-refractivity contribution is 7.80. The fraction of sp³-hybridized carbons (Fsp3) is 0.0769. The van der Waals surface area contributed by atoms with Crippen LogP contribution >= 0.6 is 23.8 Å². The Morgan fingerprint density at radius 2 is 2.00 bits per heavy atom. The van der Waals surface area contributed by atoms with Crippen molar-refractivity contribution >= 4 is 34.6 Å². The fourth-order valence-electron chi connectivity index (χ4n) is 1.43. The number of aromatic nitrogens is 1. The molecule has 2 aromatic rings. The Balaban J connectivity index is 1.88. The van der Waals surface area contributed by atoms with E-state index in [1.165, 1.54) is 12.1 Å². The lowest BCUT2D eigenvalue weighted by Gasteiger charge is -2.11. The number of benzene rings is 1. The largest absolute Gasteiger partial charge is 0.358 e. The molecule has 0 radical (unpaired) electrons. The monoisotopic (exact) mass is 295 g/mol. The zero-order chi connectivity index (χ0) is 13.7. The summed E-state index contributed by atoms with van der Waals surface area (Å²) in [5, 5.41) is 6.73. The Bertz CT molecular complexity index is 574. The summed E-state index contributed by atoms with van der Waals surface area (Å²) in [5.41, 5.74) is 1.57. The van der Waals surface area contributed by atoms with Crippen molar-refractivity contribution < 1.29 is 4.39 Å². The predicted octanol–water partition coefficient (Wildman–Crippen LogP) is 3.36. The maximum absolute atomic E-state index is 12.7. The van der Waals surface area contributed by atoms with Crippen LogP contribution in [-0.2, 0) is 6.54 Å².